The summed E-state index contributed by atoms with van der Waals surface area (Å²) in [5.74, 6) is -1.39. The number of fused-ring (bicyclic) bond motifs is 1. The number of anilines is 1. The molecule has 150 valence electrons. The van der Waals surface area contributed by atoms with Crippen molar-refractivity contribution in [2.45, 2.75) is 44.4 Å². The number of hydrogen-bond acceptors (Lipinski definition) is 3. The SMILES string of the molecule is CCN(CC)S(=O)(=O)c1ccc(F)c(C(=O)Nc2cccc3c2CCCC3)c1. The van der Waals surface area contributed by atoms with Crippen molar-refractivity contribution in [3.05, 3.63) is 58.9 Å². The Kier molecular flexibility index (Phi) is 6.15. The van der Waals surface area contributed by atoms with Crippen LogP contribution in [0.1, 0.15) is 48.2 Å². The second-order valence-corrected chi connectivity index (χ2v) is 8.77. The molecule has 0 spiro atoms. The second kappa shape index (κ2) is 8.41. The summed E-state index contributed by atoms with van der Waals surface area (Å²) in [5, 5.41) is 2.78. The van der Waals surface area contributed by atoms with Crippen LogP contribution >= 0.6 is 0 Å². The maximum Gasteiger partial charge on any atom is 0.258 e. The first-order valence-electron chi connectivity index (χ1n) is 9.60. The Labute approximate surface area is 165 Å². The van der Waals surface area contributed by atoms with Gasteiger partial charge in [0.25, 0.3) is 5.91 Å². The van der Waals surface area contributed by atoms with Crippen LogP contribution in [0.5, 0.6) is 0 Å². The van der Waals surface area contributed by atoms with Gasteiger partial charge in [0.1, 0.15) is 5.82 Å². The molecular weight excluding hydrogens is 379 g/mol. The molecule has 0 bridgehead atoms. The van der Waals surface area contributed by atoms with E-state index in [0.717, 1.165) is 43.4 Å². The first-order chi connectivity index (χ1) is 13.4. The maximum absolute atomic E-state index is 14.3. The summed E-state index contributed by atoms with van der Waals surface area (Å²) >= 11 is 0. The van der Waals surface area contributed by atoms with Crippen molar-refractivity contribution in [3.8, 4) is 0 Å². The molecule has 5 nitrogen and oxygen atoms in total. The molecule has 1 aliphatic carbocycles. The highest BCUT2D eigenvalue weighted by Crippen LogP contribution is 2.28. The number of hydrogen-bond donors (Lipinski definition) is 1. The molecule has 0 atom stereocenters. The van der Waals surface area contributed by atoms with Gasteiger partial charge in [-0.05, 0) is 61.1 Å². The summed E-state index contributed by atoms with van der Waals surface area (Å²) in [6, 6.07) is 9.07. The molecule has 7 heteroatoms. The number of amides is 1. The van der Waals surface area contributed by atoms with E-state index in [0.29, 0.717) is 18.8 Å². The second-order valence-electron chi connectivity index (χ2n) is 6.84. The van der Waals surface area contributed by atoms with E-state index in [1.807, 2.05) is 12.1 Å². The highest BCUT2D eigenvalue weighted by Gasteiger charge is 2.25. The molecule has 0 saturated carbocycles. The minimum Gasteiger partial charge on any atom is -0.322 e. The lowest BCUT2D eigenvalue weighted by Crippen LogP contribution is -2.31. The van der Waals surface area contributed by atoms with Gasteiger partial charge in [0.15, 0.2) is 0 Å². The van der Waals surface area contributed by atoms with Crippen molar-refractivity contribution in [1.82, 2.24) is 4.31 Å². The highest BCUT2D eigenvalue weighted by atomic mass is 32.2. The van der Waals surface area contributed by atoms with Crippen LogP contribution in [-0.4, -0.2) is 31.7 Å². The first kappa shape index (κ1) is 20.5. The first-order valence-corrected chi connectivity index (χ1v) is 11.0. The van der Waals surface area contributed by atoms with E-state index in [4.69, 9.17) is 0 Å². The van der Waals surface area contributed by atoms with E-state index < -0.39 is 21.7 Å². The summed E-state index contributed by atoms with van der Waals surface area (Å²) < 4.78 is 41.0. The Morgan fingerprint density at radius 1 is 1.11 bits per heavy atom. The van der Waals surface area contributed by atoms with E-state index in [2.05, 4.69) is 5.32 Å². The number of carbonyl (C=O) groups is 1. The van der Waals surface area contributed by atoms with Gasteiger partial charge in [-0.3, -0.25) is 4.79 Å². The lowest BCUT2D eigenvalue weighted by molar-refractivity contribution is 0.102. The zero-order valence-corrected chi connectivity index (χ0v) is 17.0. The van der Waals surface area contributed by atoms with Crippen LogP contribution in [-0.2, 0) is 22.9 Å². The number of nitrogens with one attached hydrogen (secondary N) is 1. The molecule has 2 aromatic rings. The molecule has 1 aliphatic rings. The quantitative estimate of drug-likeness (QED) is 0.792. The number of benzene rings is 2. The molecule has 0 unspecified atom stereocenters. The predicted octanol–water partition coefficient (Wildman–Crippen LogP) is 3.99. The molecule has 2 aromatic carbocycles. The summed E-state index contributed by atoms with van der Waals surface area (Å²) in [5.41, 5.74) is 2.66. The van der Waals surface area contributed by atoms with Crippen LogP contribution in [0.25, 0.3) is 0 Å². The summed E-state index contributed by atoms with van der Waals surface area (Å²) in [4.78, 5) is 12.7. The normalized spacial score (nSPS) is 14.0. The van der Waals surface area contributed by atoms with Gasteiger partial charge in [0.2, 0.25) is 10.0 Å². The van der Waals surface area contributed by atoms with E-state index in [1.165, 1.54) is 15.9 Å². The molecule has 28 heavy (non-hydrogen) atoms. The fraction of sp³-hybridized carbons (Fsp3) is 0.381. The van der Waals surface area contributed by atoms with Crippen LogP contribution in [0.4, 0.5) is 10.1 Å². The van der Waals surface area contributed by atoms with Gasteiger partial charge in [-0.2, -0.15) is 4.31 Å². The third kappa shape index (κ3) is 3.95. The van der Waals surface area contributed by atoms with Gasteiger partial charge in [0.05, 0.1) is 10.5 Å². The average Bonchev–Trinajstić information content (AvgIpc) is 2.69. The van der Waals surface area contributed by atoms with Crippen molar-refractivity contribution < 1.29 is 17.6 Å². The van der Waals surface area contributed by atoms with Crippen molar-refractivity contribution >= 4 is 21.6 Å². The van der Waals surface area contributed by atoms with Crippen molar-refractivity contribution in [2.75, 3.05) is 18.4 Å². The van der Waals surface area contributed by atoms with Crippen molar-refractivity contribution in [1.29, 1.82) is 0 Å². The van der Waals surface area contributed by atoms with E-state index in [1.54, 1.807) is 19.9 Å². The molecule has 0 aliphatic heterocycles. The molecule has 0 radical (unpaired) electrons. The van der Waals surface area contributed by atoms with Gasteiger partial charge in [-0.25, -0.2) is 12.8 Å². The molecule has 1 amide bonds. The smallest absolute Gasteiger partial charge is 0.258 e. The fourth-order valence-electron chi connectivity index (χ4n) is 3.64. The van der Waals surface area contributed by atoms with E-state index in [-0.39, 0.29) is 10.5 Å². The zero-order chi connectivity index (χ0) is 20.3. The Bertz CT molecular complexity index is 985. The average molecular weight is 405 g/mol. The van der Waals surface area contributed by atoms with Crippen LogP contribution in [0, 0.1) is 5.82 Å². The molecule has 0 aromatic heterocycles. The van der Waals surface area contributed by atoms with Gasteiger partial charge in [-0.1, -0.05) is 26.0 Å². The number of aryl methyl sites for hydroxylation is 1. The van der Waals surface area contributed by atoms with Gasteiger partial charge in [-0.15, -0.1) is 0 Å². The number of carbonyl (C=O) groups excluding carboxylic acids is 1. The monoisotopic (exact) mass is 404 g/mol. The lowest BCUT2D eigenvalue weighted by Gasteiger charge is -2.20. The minimum atomic E-state index is -3.77. The molecule has 0 saturated heterocycles. The van der Waals surface area contributed by atoms with Gasteiger partial charge in [0, 0.05) is 18.8 Å². The van der Waals surface area contributed by atoms with Crippen LogP contribution in [0.2, 0.25) is 0 Å². The van der Waals surface area contributed by atoms with Crippen LogP contribution < -0.4 is 5.32 Å². The molecular formula is C21H25FN2O3S. The summed E-state index contributed by atoms with van der Waals surface area (Å²) in [6.45, 7) is 4.06. The van der Waals surface area contributed by atoms with Crippen LogP contribution in [0.15, 0.2) is 41.3 Å². The third-order valence-electron chi connectivity index (χ3n) is 5.17. The third-order valence-corrected chi connectivity index (χ3v) is 7.22. The Morgan fingerprint density at radius 3 is 2.54 bits per heavy atom. The van der Waals surface area contributed by atoms with Gasteiger partial charge < -0.3 is 5.32 Å². The van der Waals surface area contributed by atoms with Crippen LogP contribution in [0.3, 0.4) is 0 Å². The summed E-state index contributed by atoms with van der Waals surface area (Å²) in [6.07, 6.45) is 3.99. The highest BCUT2D eigenvalue weighted by molar-refractivity contribution is 7.89. The summed E-state index contributed by atoms with van der Waals surface area (Å²) in [7, 11) is -3.77. The standard InChI is InChI=1S/C21H25FN2O3S/c1-3-24(4-2)28(26,27)16-12-13-19(22)18(14-16)21(25)23-20-11-7-9-15-8-5-6-10-17(15)20/h7,9,11-14H,3-6,8,10H2,1-2H3,(H,23,25). The molecule has 1 N–H and O–H groups in total. The number of rotatable bonds is 6. The topological polar surface area (TPSA) is 66.5 Å². The van der Waals surface area contributed by atoms with E-state index in [9.17, 15) is 17.6 Å². The minimum absolute atomic E-state index is 0.0853. The fourth-order valence-corrected chi connectivity index (χ4v) is 5.12. The molecule has 0 fully saturated rings. The Morgan fingerprint density at radius 2 is 1.82 bits per heavy atom. The lowest BCUT2D eigenvalue weighted by atomic mass is 9.90. The predicted molar refractivity (Wildman–Crippen MR) is 108 cm³/mol. The molecule has 3 rings (SSSR count). The number of halogens is 1. The maximum atomic E-state index is 14.3. The number of nitrogens with zero attached hydrogens (tertiary/aromatic N) is 1. The largest absolute Gasteiger partial charge is 0.322 e. The van der Waals surface area contributed by atoms with Gasteiger partial charge >= 0.3 is 0 Å². The zero-order valence-electron chi connectivity index (χ0n) is 16.2. The van der Waals surface area contributed by atoms with Crippen molar-refractivity contribution in [3.63, 3.8) is 0 Å². The Hall–Kier alpha value is -2.25. The molecule has 0 heterocycles. The van der Waals surface area contributed by atoms with Crippen molar-refractivity contribution in [2.24, 2.45) is 0 Å². The van der Waals surface area contributed by atoms with E-state index >= 15 is 0 Å². The number of sulfonamides is 1. The Balaban J connectivity index is 1.93.